The van der Waals surface area contributed by atoms with Crippen molar-refractivity contribution < 1.29 is 14.3 Å². The summed E-state index contributed by atoms with van der Waals surface area (Å²) in [6.45, 7) is 7.39. The molecule has 6 nitrogen and oxygen atoms in total. The first-order chi connectivity index (χ1) is 9.13. The standard InChI is InChI=1S/C12H19N3O3S/c1-4-15(5-2)9(16)7-13-11-10(14-8-19-11)12(17)18-6-3/h8,13H,4-7H2,1-3H3. The maximum absolute atomic E-state index is 11.8. The highest BCUT2D eigenvalue weighted by atomic mass is 32.1. The predicted octanol–water partition coefficient (Wildman–Crippen LogP) is 1.60. The number of esters is 1. The number of thiazole rings is 1. The molecule has 0 saturated heterocycles. The Hall–Kier alpha value is -1.63. The van der Waals surface area contributed by atoms with Gasteiger partial charge in [0.25, 0.3) is 0 Å². The van der Waals surface area contributed by atoms with Gasteiger partial charge >= 0.3 is 5.97 Å². The zero-order chi connectivity index (χ0) is 14.3. The van der Waals surface area contributed by atoms with Crippen molar-refractivity contribution in [1.82, 2.24) is 9.88 Å². The summed E-state index contributed by atoms with van der Waals surface area (Å²) in [5, 5.41) is 3.51. The molecule has 1 amide bonds. The van der Waals surface area contributed by atoms with E-state index in [1.54, 1.807) is 17.3 Å². The van der Waals surface area contributed by atoms with Crippen LogP contribution in [0.15, 0.2) is 5.51 Å². The number of amides is 1. The van der Waals surface area contributed by atoms with Gasteiger partial charge in [-0.15, -0.1) is 11.3 Å². The van der Waals surface area contributed by atoms with Crippen molar-refractivity contribution in [2.24, 2.45) is 0 Å². The van der Waals surface area contributed by atoms with E-state index in [1.165, 1.54) is 11.3 Å². The molecule has 0 fully saturated rings. The van der Waals surface area contributed by atoms with Gasteiger partial charge in [0.1, 0.15) is 5.00 Å². The van der Waals surface area contributed by atoms with E-state index < -0.39 is 5.97 Å². The second kappa shape index (κ2) is 7.73. The fourth-order valence-electron chi connectivity index (χ4n) is 1.56. The molecule has 1 rings (SSSR count). The molecule has 1 N–H and O–H groups in total. The second-order valence-electron chi connectivity index (χ2n) is 3.67. The van der Waals surface area contributed by atoms with Crippen molar-refractivity contribution in [3.8, 4) is 0 Å². The highest BCUT2D eigenvalue weighted by Crippen LogP contribution is 2.20. The monoisotopic (exact) mass is 285 g/mol. The molecule has 1 heterocycles. The Kier molecular flexibility index (Phi) is 6.27. The fraction of sp³-hybridized carbons (Fsp3) is 0.583. The first-order valence-electron chi connectivity index (χ1n) is 6.26. The molecular weight excluding hydrogens is 266 g/mol. The summed E-state index contributed by atoms with van der Waals surface area (Å²) in [6.07, 6.45) is 0. The number of ether oxygens (including phenoxy) is 1. The minimum Gasteiger partial charge on any atom is -0.461 e. The maximum atomic E-state index is 11.8. The van der Waals surface area contributed by atoms with Crippen LogP contribution >= 0.6 is 11.3 Å². The lowest BCUT2D eigenvalue weighted by molar-refractivity contribution is -0.128. The largest absolute Gasteiger partial charge is 0.461 e. The van der Waals surface area contributed by atoms with Crippen LogP contribution in [0, 0.1) is 0 Å². The van der Waals surface area contributed by atoms with Crippen LogP contribution in [0.5, 0.6) is 0 Å². The number of hydrogen-bond donors (Lipinski definition) is 1. The Morgan fingerprint density at radius 3 is 2.63 bits per heavy atom. The Morgan fingerprint density at radius 1 is 1.37 bits per heavy atom. The summed E-state index contributed by atoms with van der Waals surface area (Å²) in [4.78, 5) is 29.1. The Labute approximate surface area is 116 Å². The molecule has 1 aromatic heterocycles. The molecule has 0 aromatic carbocycles. The SMILES string of the molecule is CCOC(=O)c1ncsc1NCC(=O)N(CC)CC. The average molecular weight is 285 g/mol. The van der Waals surface area contributed by atoms with Gasteiger partial charge in [0.2, 0.25) is 5.91 Å². The molecule has 0 bridgehead atoms. The smallest absolute Gasteiger partial charge is 0.360 e. The minimum absolute atomic E-state index is 0.00629. The third-order valence-corrected chi connectivity index (χ3v) is 3.34. The van der Waals surface area contributed by atoms with E-state index in [4.69, 9.17) is 4.74 Å². The second-order valence-corrected chi connectivity index (χ2v) is 4.52. The topological polar surface area (TPSA) is 71.5 Å². The third kappa shape index (κ3) is 4.20. The number of nitrogens with zero attached hydrogens (tertiary/aromatic N) is 2. The van der Waals surface area contributed by atoms with Gasteiger partial charge in [0.15, 0.2) is 5.69 Å². The summed E-state index contributed by atoms with van der Waals surface area (Å²) in [5.41, 5.74) is 1.79. The van der Waals surface area contributed by atoms with Gasteiger partial charge in [-0.3, -0.25) is 4.79 Å². The van der Waals surface area contributed by atoms with Gasteiger partial charge in [-0.05, 0) is 20.8 Å². The van der Waals surface area contributed by atoms with E-state index in [1.807, 2.05) is 13.8 Å². The van der Waals surface area contributed by atoms with Crippen LogP contribution in [0.25, 0.3) is 0 Å². The van der Waals surface area contributed by atoms with Gasteiger partial charge in [-0.1, -0.05) is 0 Å². The number of anilines is 1. The summed E-state index contributed by atoms with van der Waals surface area (Å²) < 4.78 is 4.89. The number of nitrogens with one attached hydrogen (secondary N) is 1. The number of hydrogen-bond acceptors (Lipinski definition) is 6. The maximum Gasteiger partial charge on any atom is 0.360 e. The molecule has 106 valence electrons. The lowest BCUT2D eigenvalue weighted by Gasteiger charge is -2.18. The first kappa shape index (κ1) is 15.4. The lowest BCUT2D eigenvalue weighted by Crippen LogP contribution is -2.35. The highest BCUT2D eigenvalue weighted by Gasteiger charge is 2.17. The molecule has 19 heavy (non-hydrogen) atoms. The molecule has 7 heteroatoms. The van der Waals surface area contributed by atoms with Crippen LogP contribution in [0.4, 0.5) is 5.00 Å². The van der Waals surface area contributed by atoms with E-state index in [9.17, 15) is 9.59 Å². The van der Waals surface area contributed by atoms with E-state index in [2.05, 4.69) is 10.3 Å². The van der Waals surface area contributed by atoms with Gasteiger partial charge < -0.3 is 15.0 Å². The van der Waals surface area contributed by atoms with Crippen LogP contribution in [0.3, 0.4) is 0 Å². The minimum atomic E-state index is -0.471. The van der Waals surface area contributed by atoms with Crippen molar-refractivity contribution in [3.05, 3.63) is 11.2 Å². The summed E-state index contributed by atoms with van der Waals surface area (Å²) in [6, 6.07) is 0. The first-order valence-corrected chi connectivity index (χ1v) is 7.14. The Bertz CT molecular complexity index is 430. The van der Waals surface area contributed by atoms with Gasteiger partial charge in [-0.2, -0.15) is 0 Å². The van der Waals surface area contributed by atoms with Crippen LogP contribution < -0.4 is 5.32 Å². The van der Waals surface area contributed by atoms with Crippen LogP contribution in [0.1, 0.15) is 31.3 Å². The molecular formula is C12H19N3O3S. The Balaban J connectivity index is 2.61. The quantitative estimate of drug-likeness (QED) is 0.770. The molecule has 0 aliphatic heterocycles. The molecule has 0 aliphatic rings. The third-order valence-electron chi connectivity index (χ3n) is 2.55. The fourth-order valence-corrected chi connectivity index (χ4v) is 2.23. The van der Waals surface area contributed by atoms with Crippen LogP contribution in [0.2, 0.25) is 0 Å². The lowest BCUT2D eigenvalue weighted by atomic mass is 10.4. The zero-order valence-electron chi connectivity index (χ0n) is 11.4. The molecule has 0 radical (unpaired) electrons. The molecule has 0 aliphatic carbocycles. The van der Waals surface area contributed by atoms with Crippen molar-refractivity contribution in [2.75, 3.05) is 31.6 Å². The van der Waals surface area contributed by atoms with E-state index >= 15 is 0 Å². The van der Waals surface area contributed by atoms with E-state index in [0.29, 0.717) is 24.7 Å². The van der Waals surface area contributed by atoms with Crippen molar-refractivity contribution in [2.45, 2.75) is 20.8 Å². The molecule has 0 spiro atoms. The van der Waals surface area contributed by atoms with Crippen molar-refractivity contribution in [1.29, 1.82) is 0 Å². The average Bonchev–Trinajstić information content (AvgIpc) is 2.86. The van der Waals surface area contributed by atoms with E-state index in [-0.39, 0.29) is 18.1 Å². The molecule has 1 aromatic rings. The normalized spacial score (nSPS) is 10.1. The molecule has 0 saturated carbocycles. The van der Waals surface area contributed by atoms with Crippen LogP contribution in [-0.2, 0) is 9.53 Å². The van der Waals surface area contributed by atoms with Gasteiger partial charge in [-0.25, -0.2) is 9.78 Å². The number of aromatic nitrogens is 1. The highest BCUT2D eigenvalue weighted by molar-refractivity contribution is 7.14. The zero-order valence-corrected chi connectivity index (χ0v) is 12.2. The predicted molar refractivity (Wildman–Crippen MR) is 74.5 cm³/mol. The van der Waals surface area contributed by atoms with Crippen molar-refractivity contribution >= 4 is 28.2 Å². The number of carbonyl (C=O) groups is 2. The summed E-state index contributed by atoms with van der Waals surface area (Å²) in [7, 11) is 0. The molecule has 0 unspecified atom stereocenters. The number of likely N-dealkylation sites (N-methyl/N-ethyl adjacent to an activating group) is 1. The van der Waals surface area contributed by atoms with E-state index in [0.717, 1.165) is 0 Å². The van der Waals surface area contributed by atoms with Crippen LogP contribution in [-0.4, -0.2) is 48.0 Å². The van der Waals surface area contributed by atoms with Gasteiger partial charge in [0.05, 0.1) is 18.7 Å². The van der Waals surface area contributed by atoms with Crippen molar-refractivity contribution in [3.63, 3.8) is 0 Å². The van der Waals surface area contributed by atoms with Gasteiger partial charge in [0, 0.05) is 13.1 Å². The number of carbonyl (C=O) groups excluding carboxylic acids is 2. The summed E-state index contributed by atoms with van der Waals surface area (Å²) >= 11 is 1.28. The summed E-state index contributed by atoms with van der Waals surface area (Å²) in [5.74, 6) is -0.477. The Morgan fingerprint density at radius 2 is 2.05 bits per heavy atom. The number of rotatable bonds is 7. The molecule has 0 atom stereocenters.